The lowest BCUT2D eigenvalue weighted by Gasteiger charge is -2.36. The fourth-order valence-electron chi connectivity index (χ4n) is 3.27. The summed E-state index contributed by atoms with van der Waals surface area (Å²) in [6, 6.07) is 5.89. The van der Waals surface area contributed by atoms with Crippen molar-refractivity contribution < 1.29 is 17.9 Å². The van der Waals surface area contributed by atoms with Gasteiger partial charge in [0.15, 0.2) is 0 Å². The Balaban J connectivity index is 2.16. The maximum atomic E-state index is 12.7. The van der Waals surface area contributed by atoms with Crippen LogP contribution in [0.1, 0.15) is 44.2 Å². The number of hydrogen-bond acceptors (Lipinski definition) is 2. The van der Waals surface area contributed by atoms with E-state index in [1.807, 2.05) is 0 Å². The van der Waals surface area contributed by atoms with Crippen LogP contribution in [0.2, 0.25) is 0 Å². The van der Waals surface area contributed by atoms with E-state index in [1.165, 1.54) is 12.1 Å². The Bertz CT molecular complexity index is 490. The van der Waals surface area contributed by atoms with Gasteiger partial charge in [0.1, 0.15) is 0 Å². The molecule has 2 atom stereocenters. The predicted octanol–water partition coefficient (Wildman–Crippen LogP) is 4.31. The molecule has 1 aromatic carbocycles. The Labute approximate surface area is 130 Å². The second kappa shape index (κ2) is 6.20. The molecule has 1 aromatic rings. The molecule has 0 radical (unpaired) electrons. The molecule has 1 fully saturated rings. The maximum Gasteiger partial charge on any atom is 0.416 e. The van der Waals surface area contributed by atoms with E-state index in [4.69, 9.17) is 4.74 Å². The average Bonchev–Trinajstić information content (AvgIpc) is 2.82. The molecule has 1 aliphatic heterocycles. The van der Waals surface area contributed by atoms with Gasteiger partial charge >= 0.3 is 6.18 Å². The topological polar surface area (TPSA) is 12.5 Å². The van der Waals surface area contributed by atoms with Gasteiger partial charge in [0, 0.05) is 25.2 Å². The van der Waals surface area contributed by atoms with E-state index in [0.29, 0.717) is 12.6 Å². The van der Waals surface area contributed by atoms with Crippen molar-refractivity contribution in [2.45, 2.75) is 50.9 Å². The Kier molecular flexibility index (Phi) is 4.87. The number of benzene rings is 1. The van der Waals surface area contributed by atoms with Gasteiger partial charge in [0.05, 0.1) is 12.2 Å². The first-order valence-electron chi connectivity index (χ1n) is 7.55. The van der Waals surface area contributed by atoms with Crippen LogP contribution >= 0.6 is 0 Å². The second-order valence-electron chi connectivity index (χ2n) is 6.98. The SMILES string of the molecule is COC[C@@H]1CC(c2ccc(C(F)(F)F)cc2)CN1C(C)(C)C. The molecule has 124 valence electrons. The first-order valence-corrected chi connectivity index (χ1v) is 7.55. The van der Waals surface area contributed by atoms with Gasteiger partial charge in [-0.25, -0.2) is 0 Å². The molecule has 0 aromatic heterocycles. The van der Waals surface area contributed by atoms with Crippen LogP contribution in [0.5, 0.6) is 0 Å². The molecule has 0 amide bonds. The molecular weight excluding hydrogens is 291 g/mol. The van der Waals surface area contributed by atoms with Crippen LogP contribution < -0.4 is 0 Å². The second-order valence-corrected chi connectivity index (χ2v) is 6.98. The monoisotopic (exact) mass is 315 g/mol. The van der Waals surface area contributed by atoms with Crippen LogP contribution in [0.4, 0.5) is 13.2 Å². The number of rotatable bonds is 3. The van der Waals surface area contributed by atoms with Crippen LogP contribution in [-0.4, -0.2) is 36.7 Å². The van der Waals surface area contributed by atoms with E-state index in [2.05, 4.69) is 25.7 Å². The van der Waals surface area contributed by atoms with E-state index in [1.54, 1.807) is 19.2 Å². The molecule has 0 N–H and O–H groups in total. The van der Waals surface area contributed by atoms with Crippen molar-refractivity contribution in [3.8, 4) is 0 Å². The molecule has 0 aliphatic carbocycles. The van der Waals surface area contributed by atoms with Gasteiger partial charge in [-0.05, 0) is 50.8 Å². The van der Waals surface area contributed by atoms with Crippen molar-refractivity contribution in [1.29, 1.82) is 0 Å². The molecule has 1 aliphatic rings. The normalized spacial score (nSPS) is 24.0. The van der Waals surface area contributed by atoms with Crippen molar-refractivity contribution in [3.05, 3.63) is 35.4 Å². The van der Waals surface area contributed by atoms with Crippen LogP contribution in [0.15, 0.2) is 24.3 Å². The number of likely N-dealkylation sites (tertiary alicyclic amines) is 1. The number of methoxy groups -OCH3 is 1. The minimum atomic E-state index is -4.27. The molecule has 2 rings (SSSR count). The largest absolute Gasteiger partial charge is 0.416 e. The molecular formula is C17H24F3NO. The molecule has 0 spiro atoms. The lowest BCUT2D eigenvalue weighted by Crippen LogP contribution is -2.46. The Morgan fingerprint density at radius 3 is 2.18 bits per heavy atom. The summed E-state index contributed by atoms with van der Waals surface area (Å²) in [7, 11) is 1.69. The highest BCUT2D eigenvalue weighted by atomic mass is 19.4. The Morgan fingerprint density at radius 2 is 1.73 bits per heavy atom. The average molecular weight is 315 g/mol. The summed E-state index contributed by atoms with van der Waals surface area (Å²) < 4.78 is 43.3. The fraction of sp³-hybridized carbons (Fsp3) is 0.647. The van der Waals surface area contributed by atoms with Gasteiger partial charge in [-0.15, -0.1) is 0 Å². The van der Waals surface area contributed by atoms with E-state index in [0.717, 1.165) is 18.5 Å². The van der Waals surface area contributed by atoms with Gasteiger partial charge in [-0.3, -0.25) is 4.90 Å². The van der Waals surface area contributed by atoms with E-state index < -0.39 is 11.7 Å². The van der Waals surface area contributed by atoms with Crippen molar-refractivity contribution in [2.75, 3.05) is 20.3 Å². The van der Waals surface area contributed by atoms with Gasteiger partial charge in [-0.1, -0.05) is 12.1 Å². The van der Waals surface area contributed by atoms with Gasteiger partial charge in [0.2, 0.25) is 0 Å². The zero-order valence-electron chi connectivity index (χ0n) is 13.6. The van der Waals surface area contributed by atoms with Crippen molar-refractivity contribution in [1.82, 2.24) is 4.90 Å². The van der Waals surface area contributed by atoms with E-state index in [9.17, 15) is 13.2 Å². The fourth-order valence-corrected chi connectivity index (χ4v) is 3.27. The highest BCUT2D eigenvalue weighted by Crippen LogP contribution is 2.37. The van der Waals surface area contributed by atoms with Crippen LogP contribution in [0.3, 0.4) is 0 Å². The summed E-state index contributed by atoms with van der Waals surface area (Å²) >= 11 is 0. The van der Waals surface area contributed by atoms with Crippen molar-refractivity contribution >= 4 is 0 Å². The summed E-state index contributed by atoms with van der Waals surface area (Å²) in [5.41, 5.74) is 0.403. The summed E-state index contributed by atoms with van der Waals surface area (Å²) in [6.07, 6.45) is -3.36. The van der Waals surface area contributed by atoms with Gasteiger partial charge < -0.3 is 4.74 Å². The van der Waals surface area contributed by atoms with Crippen LogP contribution in [0, 0.1) is 0 Å². The minimum absolute atomic E-state index is 0.0177. The molecule has 1 heterocycles. The third-order valence-electron chi connectivity index (χ3n) is 4.34. The number of ether oxygens (including phenoxy) is 1. The lowest BCUT2D eigenvalue weighted by atomic mass is 9.95. The summed E-state index contributed by atoms with van der Waals surface area (Å²) in [4.78, 5) is 2.39. The first kappa shape index (κ1) is 17.3. The molecule has 22 heavy (non-hydrogen) atoms. The molecule has 0 saturated carbocycles. The smallest absolute Gasteiger partial charge is 0.383 e. The summed E-state index contributed by atoms with van der Waals surface area (Å²) in [5.74, 6) is 0.252. The van der Waals surface area contributed by atoms with Gasteiger partial charge in [-0.2, -0.15) is 13.2 Å². The Morgan fingerprint density at radius 1 is 1.14 bits per heavy atom. The van der Waals surface area contributed by atoms with Crippen molar-refractivity contribution in [2.24, 2.45) is 0 Å². The third kappa shape index (κ3) is 3.82. The van der Waals surface area contributed by atoms with Crippen molar-refractivity contribution in [3.63, 3.8) is 0 Å². The van der Waals surface area contributed by atoms with E-state index in [-0.39, 0.29) is 11.5 Å². The zero-order chi connectivity index (χ0) is 16.5. The van der Waals surface area contributed by atoms with Gasteiger partial charge in [0.25, 0.3) is 0 Å². The Hall–Kier alpha value is -1.07. The predicted molar refractivity (Wildman–Crippen MR) is 80.9 cm³/mol. The van der Waals surface area contributed by atoms with E-state index >= 15 is 0 Å². The third-order valence-corrected chi connectivity index (χ3v) is 4.34. The number of hydrogen-bond donors (Lipinski definition) is 0. The van der Waals surface area contributed by atoms with Crippen LogP contribution in [-0.2, 0) is 10.9 Å². The van der Waals surface area contributed by atoms with Crippen LogP contribution in [0.25, 0.3) is 0 Å². The number of nitrogens with zero attached hydrogens (tertiary/aromatic N) is 1. The number of halogens is 3. The molecule has 1 saturated heterocycles. The molecule has 0 bridgehead atoms. The highest BCUT2D eigenvalue weighted by Gasteiger charge is 2.39. The maximum absolute atomic E-state index is 12.7. The summed E-state index contributed by atoms with van der Waals surface area (Å²) in [6.45, 7) is 7.97. The first-order chi connectivity index (χ1) is 10.1. The molecule has 5 heteroatoms. The quantitative estimate of drug-likeness (QED) is 0.824. The summed E-state index contributed by atoms with van der Waals surface area (Å²) in [5, 5.41) is 0. The lowest BCUT2D eigenvalue weighted by molar-refractivity contribution is -0.137. The highest BCUT2D eigenvalue weighted by molar-refractivity contribution is 5.28. The molecule has 1 unspecified atom stereocenters. The number of alkyl halides is 3. The molecule has 2 nitrogen and oxygen atoms in total. The standard InChI is InChI=1S/C17H24F3NO/c1-16(2,3)21-10-13(9-15(21)11-22-4)12-5-7-14(8-6-12)17(18,19)20/h5-8,13,15H,9-11H2,1-4H3/t13?,15-/m0/s1. The zero-order valence-corrected chi connectivity index (χ0v) is 13.6. The minimum Gasteiger partial charge on any atom is -0.383 e.